The number of hydrogen-bond donors (Lipinski definition) is 1. The molecule has 0 rings (SSSR count). The first-order chi connectivity index (χ1) is 8.31. The van der Waals surface area contributed by atoms with Crippen LogP contribution in [0.25, 0.3) is 0 Å². The molecule has 110 valence electrons. The quantitative estimate of drug-likeness (QED) is 0.651. The van der Waals surface area contributed by atoms with Crippen molar-refractivity contribution in [3.8, 4) is 0 Å². The Bertz CT molecular complexity index is 210. The van der Waals surface area contributed by atoms with Gasteiger partial charge in [0.15, 0.2) is 0 Å². The molecular formula is C12H25F3N2O. The van der Waals surface area contributed by atoms with E-state index in [2.05, 4.69) is 5.32 Å². The smallest absolute Gasteiger partial charge is 0.383 e. The van der Waals surface area contributed by atoms with Crippen molar-refractivity contribution in [2.24, 2.45) is 0 Å². The van der Waals surface area contributed by atoms with E-state index in [4.69, 9.17) is 4.74 Å². The fraction of sp³-hybridized carbons (Fsp3) is 1.00. The summed E-state index contributed by atoms with van der Waals surface area (Å²) in [7, 11) is 1.51. The number of alkyl halides is 3. The maximum atomic E-state index is 12.6. The summed E-state index contributed by atoms with van der Waals surface area (Å²) in [4.78, 5) is 1.44. The van der Waals surface area contributed by atoms with Crippen LogP contribution < -0.4 is 5.32 Å². The molecule has 1 atom stereocenters. The van der Waals surface area contributed by atoms with Gasteiger partial charge in [-0.2, -0.15) is 13.2 Å². The van der Waals surface area contributed by atoms with Crippen LogP contribution in [0.2, 0.25) is 0 Å². The Hall–Kier alpha value is -0.330. The Kier molecular flexibility index (Phi) is 8.56. The first kappa shape index (κ1) is 17.7. The van der Waals surface area contributed by atoms with Gasteiger partial charge in [0, 0.05) is 25.7 Å². The van der Waals surface area contributed by atoms with Gasteiger partial charge in [-0.15, -0.1) is 0 Å². The number of halogens is 3. The molecule has 3 nitrogen and oxygen atoms in total. The molecule has 0 aliphatic carbocycles. The Balaban J connectivity index is 4.54. The molecular weight excluding hydrogens is 245 g/mol. The van der Waals surface area contributed by atoms with Crippen LogP contribution >= 0.6 is 0 Å². The molecule has 0 amide bonds. The lowest BCUT2D eigenvalue weighted by Gasteiger charge is -2.35. The average molecular weight is 270 g/mol. The summed E-state index contributed by atoms with van der Waals surface area (Å²) >= 11 is 0. The normalized spacial score (nSPS) is 14.5. The van der Waals surface area contributed by atoms with Gasteiger partial charge < -0.3 is 10.1 Å². The molecule has 0 aromatic carbocycles. The fourth-order valence-corrected chi connectivity index (χ4v) is 1.85. The third-order valence-electron chi connectivity index (χ3n) is 2.66. The maximum absolute atomic E-state index is 12.6. The van der Waals surface area contributed by atoms with E-state index in [-0.39, 0.29) is 12.1 Å². The van der Waals surface area contributed by atoms with Crippen molar-refractivity contribution in [3.05, 3.63) is 0 Å². The lowest BCUT2D eigenvalue weighted by molar-refractivity contribution is -0.157. The lowest BCUT2D eigenvalue weighted by Crippen LogP contribution is -2.51. The van der Waals surface area contributed by atoms with Crippen LogP contribution in [0.5, 0.6) is 0 Å². The number of hydrogen-bond acceptors (Lipinski definition) is 3. The largest absolute Gasteiger partial charge is 0.401 e. The summed E-state index contributed by atoms with van der Waals surface area (Å²) in [6.45, 7) is 6.28. The van der Waals surface area contributed by atoms with E-state index >= 15 is 0 Å². The zero-order valence-corrected chi connectivity index (χ0v) is 11.7. The Morgan fingerprint density at radius 2 is 1.89 bits per heavy atom. The average Bonchev–Trinajstić information content (AvgIpc) is 2.23. The predicted octanol–water partition coefficient (Wildman–Crippen LogP) is 2.27. The summed E-state index contributed by atoms with van der Waals surface area (Å²) in [5.74, 6) is 0. The van der Waals surface area contributed by atoms with Gasteiger partial charge in [0.1, 0.15) is 0 Å². The molecule has 0 saturated heterocycles. The van der Waals surface area contributed by atoms with Crippen molar-refractivity contribution in [1.29, 1.82) is 0 Å². The van der Waals surface area contributed by atoms with Gasteiger partial charge >= 0.3 is 6.18 Å². The van der Waals surface area contributed by atoms with Crippen LogP contribution in [0.1, 0.15) is 27.2 Å². The summed E-state index contributed by atoms with van der Waals surface area (Å²) in [5, 5.41) is 3.15. The Morgan fingerprint density at radius 1 is 1.28 bits per heavy atom. The Morgan fingerprint density at radius 3 is 2.28 bits per heavy atom. The number of nitrogens with one attached hydrogen (secondary N) is 1. The van der Waals surface area contributed by atoms with Crippen LogP contribution in [0.4, 0.5) is 13.2 Å². The van der Waals surface area contributed by atoms with E-state index in [0.717, 1.165) is 13.0 Å². The van der Waals surface area contributed by atoms with Crippen molar-refractivity contribution in [2.45, 2.75) is 45.5 Å². The highest BCUT2D eigenvalue weighted by molar-refractivity contribution is 4.79. The molecule has 0 bridgehead atoms. The first-order valence-corrected chi connectivity index (χ1v) is 6.34. The summed E-state index contributed by atoms with van der Waals surface area (Å²) in [5.41, 5.74) is 0. The molecule has 0 fully saturated rings. The second-order valence-corrected chi connectivity index (χ2v) is 4.69. The van der Waals surface area contributed by atoms with Crippen molar-refractivity contribution >= 4 is 0 Å². The summed E-state index contributed by atoms with van der Waals surface area (Å²) in [6, 6.07) is -0.432. The molecule has 1 unspecified atom stereocenters. The zero-order chi connectivity index (χ0) is 14.2. The van der Waals surface area contributed by atoms with Crippen molar-refractivity contribution in [3.63, 3.8) is 0 Å². The highest BCUT2D eigenvalue weighted by Gasteiger charge is 2.35. The number of methoxy groups -OCH3 is 1. The zero-order valence-electron chi connectivity index (χ0n) is 11.7. The van der Waals surface area contributed by atoms with Gasteiger partial charge in [0.2, 0.25) is 0 Å². The Labute approximate surface area is 108 Å². The minimum absolute atomic E-state index is 0.171. The summed E-state index contributed by atoms with van der Waals surface area (Å²) < 4.78 is 42.7. The molecule has 18 heavy (non-hydrogen) atoms. The van der Waals surface area contributed by atoms with Crippen LogP contribution in [-0.4, -0.2) is 56.5 Å². The molecule has 0 aromatic heterocycles. The third kappa shape index (κ3) is 7.89. The second kappa shape index (κ2) is 8.72. The molecule has 1 N–H and O–H groups in total. The highest BCUT2D eigenvalue weighted by atomic mass is 19.4. The molecule has 0 spiro atoms. The molecule has 0 aliphatic rings. The predicted molar refractivity (Wildman–Crippen MR) is 66.7 cm³/mol. The van der Waals surface area contributed by atoms with Gasteiger partial charge in [-0.25, -0.2) is 0 Å². The molecule has 0 saturated carbocycles. The minimum atomic E-state index is -4.18. The van der Waals surface area contributed by atoms with Crippen LogP contribution in [-0.2, 0) is 4.74 Å². The van der Waals surface area contributed by atoms with Crippen LogP contribution in [0, 0.1) is 0 Å². The summed E-state index contributed by atoms with van der Waals surface area (Å²) in [6.07, 6.45) is -3.22. The number of ether oxygens (including phenoxy) is 1. The number of rotatable bonds is 9. The van der Waals surface area contributed by atoms with Crippen LogP contribution in [0.15, 0.2) is 0 Å². The van der Waals surface area contributed by atoms with Crippen molar-refractivity contribution < 1.29 is 17.9 Å². The highest BCUT2D eigenvalue weighted by Crippen LogP contribution is 2.20. The van der Waals surface area contributed by atoms with Crippen LogP contribution in [0.3, 0.4) is 0 Å². The van der Waals surface area contributed by atoms with E-state index in [1.54, 1.807) is 13.8 Å². The van der Waals surface area contributed by atoms with E-state index in [1.807, 2.05) is 6.92 Å². The molecule has 0 heterocycles. The molecule has 0 aliphatic heterocycles. The van der Waals surface area contributed by atoms with E-state index in [0.29, 0.717) is 13.2 Å². The van der Waals surface area contributed by atoms with Gasteiger partial charge in [-0.05, 0) is 26.8 Å². The van der Waals surface area contributed by atoms with Crippen molar-refractivity contribution in [1.82, 2.24) is 10.2 Å². The van der Waals surface area contributed by atoms with E-state index < -0.39 is 12.7 Å². The van der Waals surface area contributed by atoms with Gasteiger partial charge in [0.05, 0.1) is 13.2 Å². The molecule has 0 radical (unpaired) electrons. The topological polar surface area (TPSA) is 24.5 Å². The monoisotopic (exact) mass is 270 g/mol. The fourth-order valence-electron chi connectivity index (χ4n) is 1.85. The van der Waals surface area contributed by atoms with Gasteiger partial charge in [-0.1, -0.05) is 6.92 Å². The SMILES string of the molecule is CCCNCC(COC)N(CC(F)(F)F)C(C)C. The third-order valence-corrected chi connectivity index (χ3v) is 2.66. The van der Waals surface area contributed by atoms with Gasteiger partial charge in [0.25, 0.3) is 0 Å². The van der Waals surface area contributed by atoms with Gasteiger partial charge in [-0.3, -0.25) is 4.90 Å². The molecule has 6 heteroatoms. The lowest BCUT2D eigenvalue weighted by atomic mass is 10.2. The first-order valence-electron chi connectivity index (χ1n) is 6.34. The van der Waals surface area contributed by atoms with E-state index in [1.165, 1.54) is 12.0 Å². The second-order valence-electron chi connectivity index (χ2n) is 4.69. The van der Waals surface area contributed by atoms with Crippen molar-refractivity contribution in [2.75, 3.05) is 33.4 Å². The number of nitrogens with zero attached hydrogens (tertiary/aromatic N) is 1. The standard InChI is InChI=1S/C12H25F3N2O/c1-5-6-16-7-11(8-18-4)17(10(2)3)9-12(13,14)15/h10-11,16H,5-9H2,1-4H3. The minimum Gasteiger partial charge on any atom is -0.383 e. The van der Waals surface area contributed by atoms with E-state index in [9.17, 15) is 13.2 Å². The maximum Gasteiger partial charge on any atom is 0.401 e. The molecule has 0 aromatic rings.